The number of aromatic amines is 1. The molecule has 0 bridgehead atoms. The summed E-state index contributed by atoms with van der Waals surface area (Å²) in [5, 5.41) is 3.09. The normalized spacial score (nSPS) is 10.8. The maximum atomic E-state index is 13.8. The van der Waals surface area contributed by atoms with Gasteiger partial charge >= 0.3 is 0 Å². The second-order valence-electron chi connectivity index (χ2n) is 4.19. The minimum Gasteiger partial charge on any atom is -0.358 e. The summed E-state index contributed by atoms with van der Waals surface area (Å²) in [7, 11) is 0. The molecule has 0 spiro atoms. The number of fused-ring (bicyclic) bond motifs is 1. The molecule has 0 radical (unpaired) electrons. The van der Waals surface area contributed by atoms with Gasteiger partial charge in [-0.3, -0.25) is 4.79 Å². The molecule has 1 aromatic heterocycles. The molecule has 0 atom stereocenters. The molecule has 0 unspecified atom stereocenters. The SMILES string of the molecule is Cc1[nH]c2cccc(F)c2c1C(=O)NCCCN. The van der Waals surface area contributed by atoms with Crippen molar-refractivity contribution in [2.75, 3.05) is 13.1 Å². The van der Waals surface area contributed by atoms with Crippen molar-refractivity contribution in [1.82, 2.24) is 10.3 Å². The molecule has 1 heterocycles. The maximum absolute atomic E-state index is 13.8. The highest BCUT2D eigenvalue weighted by molar-refractivity contribution is 6.08. The van der Waals surface area contributed by atoms with Crippen LogP contribution in [0.15, 0.2) is 18.2 Å². The number of rotatable bonds is 4. The molecule has 18 heavy (non-hydrogen) atoms. The van der Waals surface area contributed by atoms with Gasteiger partial charge in [0.15, 0.2) is 0 Å². The Bertz CT molecular complexity index is 577. The van der Waals surface area contributed by atoms with Crippen LogP contribution in [0.4, 0.5) is 4.39 Å². The van der Waals surface area contributed by atoms with E-state index in [1.54, 1.807) is 19.1 Å². The number of carbonyl (C=O) groups excluding carboxylic acids is 1. The van der Waals surface area contributed by atoms with Crippen LogP contribution in [0.25, 0.3) is 10.9 Å². The van der Waals surface area contributed by atoms with Gasteiger partial charge in [0.2, 0.25) is 0 Å². The summed E-state index contributed by atoms with van der Waals surface area (Å²) in [6.07, 6.45) is 0.704. The number of amides is 1. The number of carbonyl (C=O) groups is 1. The molecule has 0 saturated heterocycles. The van der Waals surface area contributed by atoms with Gasteiger partial charge < -0.3 is 16.0 Å². The third-order valence-electron chi connectivity index (χ3n) is 2.85. The lowest BCUT2D eigenvalue weighted by molar-refractivity contribution is 0.0954. The lowest BCUT2D eigenvalue weighted by Crippen LogP contribution is -2.26. The molecule has 0 aliphatic rings. The molecular formula is C13H16FN3O. The minimum absolute atomic E-state index is 0.266. The van der Waals surface area contributed by atoms with Gasteiger partial charge in [0.25, 0.3) is 5.91 Å². The average Bonchev–Trinajstić information content (AvgIpc) is 2.67. The second kappa shape index (κ2) is 5.18. The fourth-order valence-corrected chi connectivity index (χ4v) is 2.01. The first-order valence-electron chi connectivity index (χ1n) is 5.90. The largest absolute Gasteiger partial charge is 0.358 e. The summed E-state index contributed by atoms with van der Waals surface area (Å²) in [4.78, 5) is 15.0. The molecular weight excluding hydrogens is 233 g/mol. The van der Waals surface area contributed by atoms with Gasteiger partial charge in [0.05, 0.1) is 5.56 Å². The van der Waals surface area contributed by atoms with Crippen LogP contribution in [0.3, 0.4) is 0 Å². The Hall–Kier alpha value is -1.88. The summed E-state index contributed by atoms with van der Waals surface area (Å²) in [6.45, 7) is 2.77. The fraction of sp³-hybridized carbons (Fsp3) is 0.308. The number of H-pyrrole nitrogens is 1. The van der Waals surface area contributed by atoms with Crippen LogP contribution in [0.2, 0.25) is 0 Å². The molecule has 0 aliphatic heterocycles. The highest BCUT2D eigenvalue weighted by Gasteiger charge is 2.18. The second-order valence-corrected chi connectivity index (χ2v) is 4.19. The lowest BCUT2D eigenvalue weighted by Gasteiger charge is -2.04. The third kappa shape index (κ3) is 2.22. The van der Waals surface area contributed by atoms with E-state index in [0.29, 0.717) is 41.7 Å². The van der Waals surface area contributed by atoms with Gasteiger partial charge in [-0.1, -0.05) is 6.07 Å². The van der Waals surface area contributed by atoms with E-state index in [1.807, 2.05) is 0 Å². The number of benzene rings is 1. The molecule has 96 valence electrons. The van der Waals surface area contributed by atoms with E-state index in [1.165, 1.54) is 6.07 Å². The molecule has 5 heteroatoms. The number of hydrogen-bond donors (Lipinski definition) is 3. The maximum Gasteiger partial charge on any atom is 0.253 e. The van der Waals surface area contributed by atoms with Gasteiger partial charge in [-0.05, 0) is 32.0 Å². The van der Waals surface area contributed by atoms with Crippen molar-refractivity contribution in [3.8, 4) is 0 Å². The zero-order valence-electron chi connectivity index (χ0n) is 10.2. The molecule has 4 N–H and O–H groups in total. The Balaban J connectivity index is 2.37. The molecule has 2 rings (SSSR count). The summed E-state index contributed by atoms with van der Waals surface area (Å²) in [5.74, 6) is -0.655. The molecule has 0 aliphatic carbocycles. The quantitative estimate of drug-likeness (QED) is 0.722. The Kier molecular flexibility index (Phi) is 3.62. The van der Waals surface area contributed by atoms with Crippen LogP contribution < -0.4 is 11.1 Å². The van der Waals surface area contributed by atoms with Gasteiger partial charge in [-0.2, -0.15) is 0 Å². The number of aromatic nitrogens is 1. The third-order valence-corrected chi connectivity index (χ3v) is 2.85. The first-order valence-corrected chi connectivity index (χ1v) is 5.90. The van der Waals surface area contributed by atoms with Crippen LogP contribution >= 0.6 is 0 Å². The van der Waals surface area contributed by atoms with Gasteiger partial charge in [-0.15, -0.1) is 0 Å². The van der Waals surface area contributed by atoms with Crippen molar-refractivity contribution in [3.05, 3.63) is 35.3 Å². The van der Waals surface area contributed by atoms with Crippen molar-refractivity contribution in [3.63, 3.8) is 0 Å². The molecule has 0 saturated carbocycles. The number of halogens is 1. The van der Waals surface area contributed by atoms with Crippen LogP contribution in [0, 0.1) is 12.7 Å². The van der Waals surface area contributed by atoms with Gasteiger partial charge in [0.1, 0.15) is 5.82 Å². The van der Waals surface area contributed by atoms with E-state index in [2.05, 4.69) is 10.3 Å². The summed E-state index contributed by atoms with van der Waals surface area (Å²) < 4.78 is 13.8. The molecule has 1 amide bonds. The van der Waals surface area contributed by atoms with Crippen molar-refractivity contribution in [2.24, 2.45) is 5.73 Å². The lowest BCUT2D eigenvalue weighted by atomic mass is 10.1. The summed E-state index contributed by atoms with van der Waals surface area (Å²) >= 11 is 0. The van der Waals surface area contributed by atoms with Crippen molar-refractivity contribution < 1.29 is 9.18 Å². The van der Waals surface area contributed by atoms with E-state index < -0.39 is 0 Å². The van der Waals surface area contributed by atoms with Crippen molar-refractivity contribution in [1.29, 1.82) is 0 Å². The van der Waals surface area contributed by atoms with Crippen LogP contribution in [-0.2, 0) is 0 Å². The number of hydrogen-bond acceptors (Lipinski definition) is 2. The highest BCUT2D eigenvalue weighted by atomic mass is 19.1. The Labute approximate surface area is 104 Å². The van der Waals surface area contributed by atoms with E-state index >= 15 is 0 Å². The van der Waals surface area contributed by atoms with E-state index in [9.17, 15) is 9.18 Å². The smallest absolute Gasteiger partial charge is 0.253 e. The Morgan fingerprint density at radius 3 is 3.00 bits per heavy atom. The molecule has 0 fully saturated rings. The van der Waals surface area contributed by atoms with Crippen molar-refractivity contribution >= 4 is 16.8 Å². The Morgan fingerprint density at radius 2 is 2.28 bits per heavy atom. The number of nitrogens with two attached hydrogens (primary N) is 1. The minimum atomic E-state index is -0.388. The average molecular weight is 249 g/mol. The van der Waals surface area contributed by atoms with Crippen LogP contribution in [0.5, 0.6) is 0 Å². The standard InChI is InChI=1S/C13H16FN3O/c1-8-11(13(18)16-7-3-6-15)12-9(14)4-2-5-10(12)17-8/h2,4-5,17H,3,6-7,15H2,1H3,(H,16,18). The molecule has 1 aromatic carbocycles. The predicted molar refractivity (Wildman–Crippen MR) is 69.0 cm³/mol. The van der Waals surface area contributed by atoms with E-state index in [0.717, 1.165) is 0 Å². The number of nitrogens with one attached hydrogen (secondary N) is 2. The summed E-state index contributed by atoms with van der Waals surface area (Å²) in [6, 6.07) is 4.72. The topological polar surface area (TPSA) is 70.9 Å². The fourth-order valence-electron chi connectivity index (χ4n) is 2.01. The van der Waals surface area contributed by atoms with Gasteiger partial charge in [-0.25, -0.2) is 4.39 Å². The van der Waals surface area contributed by atoms with E-state index in [-0.39, 0.29) is 11.7 Å². The van der Waals surface area contributed by atoms with Gasteiger partial charge in [0, 0.05) is 23.1 Å². The summed E-state index contributed by atoms with van der Waals surface area (Å²) in [5.41, 5.74) is 7.04. The zero-order chi connectivity index (χ0) is 13.1. The predicted octanol–water partition coefficient (Wildman–Crippen LogP) is 1.69. The van der Waals surface area contributed by atoms with Crippen LogP contribution in [-0.4, -0.2) is 24.0 Å². The monoisotopic (exact) mass is 249 g/mol. The molecule has 4 nitrogen and oxygen atoms in total. The van der Waals surface area contributed by atoms with E-state index in [4.69, 9.17) is 5.73 Å². The molecule has 2 aromatic rings. The number of aryl methyl sites for hydroxylation is 1. The first-order chi connectivity index (χ1) is 8.65. The first kappa shape index (κ1) is 12.6. The van der Waals surface area contributed by atoms with Crippen LogP contribution in [0.1, 0.15) is 22.5 Å². The van der Waals surface area contributed by atoms with Crippen molar-refractivity contribution in [2.45, 2.75) is 13.3 Å². The zero-order valence-corrected chi connectivity index (χ0v) is 10.2. The highest BCUT2D eigenvalue weighted by Crippen LogP contribution is 2.24. The Morgan fingerprint density at radius 1 is 1.50 bits per heavy atom.